The minimum absolute atomic E-state index is 0.117. The summed E-state index contributed by atoms with van der Waals surface area (Å²) in [6.45, 7) is 46.4. The number of hydrogen-bond donors (Lipinski definition) is 7. The molecule has 0 fully saturated rings. The van der Waals surface area contributed by atoms with Crippen molar-refractivity contribution in [1.29, 1.82) is 0 Å². The van der Waals surface area contributed by atoms with Crippen LogP contribution in [0.1, 0.15) is 298 Å². The average molecular weight is 1490 g/mol. The average Bonchev–Trinajstić information content (AvgIpc) is 0.752. The highest BCUT2D eigenvalue weighted by Gasteiger charge is 2.48. The Bertz CT molecular complexity index is 4460. The third kappa shape index (κ3) is 20.3. The Labute approximate surface area is 660 Å². The summed E-state index contributed by atoms with van der Waals surface area (Å²) in [4.78, 5) is 0. The second kappa shape index (κ2) is 37.0. The summed E-state index contributed by atoms with van der Waals surface area (Å²) in [5.41, 5.74) is 20.7. The first-order valence-electron chi connectivity index (χ1n) is 41.4. The quantitative estimate of drug-likeness (QED) is 0.0306. The van der Waals surface area contributed by atoms with Gasteiger partial charge in [0.15, 0.2) is 0 Å². The molecule has 10 heteroatoms. The van der Waals surface area contributed by atoms with Crippen molar-refractivity contribution in [2.75, 3.05) is 0 Å². The number of aryl methyl sites for hydroxylation is 7. The highest BCUT2D eigenvalue weighted by Crippen LogP contribution is 2.57. The van der Waals surface area contributed by atoms with Crippen molar-refractivity contribution in [3.05, 3.63) is 212 Å². The number of allylic oxidation sites excluding steroid dienone is 8. The van der Waals surface area contributed by atoms with Gasteiger partial charge in [-0.2, -0.15) is 0 Å². The Hall–Kier alpha value is -8.76. The predicted octanol–water partition coefficient (Wildman–Crippen LogP) is 26.9. The van der Waals surface area contributed by atoms with E-state index in [0.717, 1.165) is 205 Å². The minimum Gasteiger partial charge on any atom is -0.507 e. The highest BCUT2D eigenvalue weighted by atomic mass is 16.5. The molecule has 10 nitrogen and oxygen atoms in total. The molecule has 7 aromatic carbocycles. The van der Waals surface area contributed by atoms with Gasteiger partial charge in [0.25, 0.3) is 0 Å². The zero-order valence-electron chi connectivity index (χ0n) is 70.1. The lowest BCUT2D eigenvalue weighted by Gasteiger charge is -2.46. The summed E-state index contributed by atoms with van der Waals surface area (Å²) in [6.07, 6.45) is 29.9. The Morgan fingerprint density at radius 2 is 0.627 bits per heavy atom. The van der Waals surface area contributed by atoms with E-state index in [0.29, 0.717) is 46.1 Å². The molecule has 0 unspecified atom stereocenters. The van der Waals surface area contributed by atoms with Crippen molar-refractivity contribution in [3.63, 3.8) is 0 Å². The van der Waals surface area contributed by atoms with E-state index in [9.17, 15) is 35.7 Å². The molecule has 0 radical (unpaired) electrons. The molecule has 0 saturated carbocycles. The summed E-state index contributed by atoms with van der Waals surface area (Å²) >= 11 is 0. The van der Waals surface area contributed by atoms with E-state index in [1.807, 2.05) is 82.3 Å². The molecule has 6 aliphatic rings. The maximum absolute atomic E-state index is 10.7. The van der Waals surface area contributed by atoms with Gasteiger partial charge < -0.3 is 50.0 Å². The molecule has 7 N–H and O–H groups in total. The molecule has 3 heterocycles. The lowest BCUT2D eigenvalue weighted by atomic mass is 9.68. The van der Waals surface area contributed by atoms with Crippen LogP contribution < -0.4 is 14.2 Å². The molecule has 0 amide bonds. The van der Waals surface area contributed by atoms with Gasteiger partial charge in [-0.25, -0.2) is 0 Å². The van der Waals surface area contributed by atoms with Crippen molar-refractivity contribution in [3.8, 4) is 79.7 Å². The molecule has 3 aliphatic carbocycles. The van der Waals surface area contributed by atoms with E-state index >= 15 is 0 Å². The van der Waals surface area contributed by atoms with Crippen LogP contribution in [-0.4, -0.2) is 52.5 Å². The fraction of sp³-hybridized carbons (Fsp3) is 0.480. The van der Waals surface area contributed by atoms with Crippen LogP contribution in [0.15, 0.2) is 145 Å². The molecular weight excluding hydrogens is 1360 g/mol. The molecule has 3 aliphatic heterocycles. The molecule has 13 rings (SSSR count). The van der Waals surface area contributed by atoms with Crippen molar-refractivity contribution in [2.24, 2.45) is 17.8 Å². The van der Waals surface area contributed by atoms with Crippen LogP contribution in [0.3, 0.4) is 0 Å². The molecule has 7 aromatic rings. The second-order valence-electron chi connectivity index (χ2n) is 34.4. The first kappa shape index (κ1) is 85.2. The standard InChI is InChI=1S/C21H30O2.C21H26O2.C20H28O2.C19H26O2.C19H22O2/c1-5-6-7-8-15-12-18(22)20-16-11-14(2)9-10-17(16)21(3,4)23-19(20)13-15;1-5-6-7-8-16-12-19(22)21(20(23)13-16)18-11-15(4)9-10-17(18)14(2)3;1-5-6-7-14-11-17(21)19-15-10-13(2)8-9-16(15)20(3,4)22-18(19)12-14;1-5-6-13-10-16(20)18-14-9-12(2)7-8-15(14)19(3,4)21-17(18)11-13;1-5-6-14-10-17(20)19(18(21)11-14)16-9-13(4)7-8-15(16)12(2)3/h11-13,16-17,22H,5-10H2,1-4H3;9-13,22-23H,2,5-8H2,1,3-4H3;10-12,15-16,21H,5-9H2,1-4H3;9-11,14-15,20H,5-8H2,1-4H3;7-11,20-21H,2,5-6H2,1,3-4H3/t16-,17-;;15-,16-;14-,15-;/m1.11./s1. The van der Waals surface area contributed by atoms with Gasteiger partial charge in [-0.15, -0.1) is 0 Å². The lowest BCUT2D eigenvalue weighted by molar-refractivity contribution is 0.0104. The number of fused-ring (bicyclic) bond motifs is 9. The van der Waals surface area contributed by atoms with Gasteiger partial charge in [0.05, 0.1) is 11.1 Å². The SMILES string of the molecule is C=C(C)c1ccc(C)cc1-c1c(O)cc(CCC)cc1O.C=C(C)c1ccc(C)cc1-c1c(O)cc(CCCCC)cc1O.CCCCCc1cc(O)c2c(c1)OC(C)(C)[C@@H]1CCC(C)=C[C@@H]21.CCCCc1cc(O)c2c(c1)OC(C)(C)[C@@H]1CCC(C)=C[C@@H]21.CCCc1cc(O)c2c(c1)OC(C)(C)[C@@H]1CCC(C)=C[C@@H]21. The first-order chi connectivity index (χ1) is 52.1. The van der Waals surface area contributed by atoms with E-state index in [4.69, 9.17) is 14.2 Å². The number of benzene rings is 7. The van der Waals surface area contributed by atoms with Gasteiger partial charge in [0, 0.05) is 52.2 Å². The summed E-state index contributed by atoms with van der Waals surface area (Å²) in [7, 11) is 0. The third-order valence-electron chi connectivity index (χ3n) is 23.7. The van der Waals surface area contributed by atoms with Gasteiger partial charge >= 0.3 is 0 Å². The number of rotatable bonds is 19. The van der Waals surface area contributed by atoms with Crippen molar-refractivity contribution in [1.82, 2.24) is 0 Å². The summed E-state index contributed by atoms with van der Waals surface area (Å²) < 4.78 is 19.0. The van der Waals surface area contributed by atoms with Gasteiger partial charge in [-0.1, -0.05) is 186 Å². The Kier molecular flexibility index (Phi) is 28.7. The minimum atomic E-state index is -0.177. The molecule has 0 aromatic heterocycles. The number of unbranched alkanes of at least 4 members (excludes halogenated alkanes) is 5. The van der Waals surface area contributed by atoms with E-state index in [-0.39, 0.29) is 57.6 Å². The lowest BCUT2D eigenvalue weighted by Crippen LogP contribution is -2.45. The number of aromatic hydroxyl groups is 7. The largest absolute Gasteiger partial charge is 0.507 e. The van der Waals surface area contributed by atoms with Crippen LogP contribution in [0.2, 0.25) is 0 Å². The van der Waals surface area contributed by atoms with E-state index in [1.54, 1.807) is 24.3 Å². The maximum atomic E-state index is 10.7. The smallest absolute Gasteiger partial charge is 0.127 e. The number of phenolic OH excluding ortho intramolecular Hbond substituents is 7. The van der Waals surface area contributed by atoms with Gasteiger partial charge in [-0.05, 0) is 291 Å². The van der Waals surface area contributed by atoms with Crippen molar-refractivity contribution in [2.45, 2.75) is 294 Å². The van der Waals surface area contributed by atoms with Crippen molar-refractivity contribution >= 4 is 11.1 Å². The summed E-state index contributed by atoms with van der Waals surface area (Å²) in [5.74, 6) is 6.59. The first-order valence-corrected chi connectivity index (χ1v) is 41.4. The number of hydrogen-bond acceptors (Lipinski definition) is 10. The number of phenols is 7. The van der Waals surface area contributed by atoms with E-state index in [1.165, 1.54) is 52.7 Å². The molecule has 6 atom stereocenters. The fourth-order valence-corrected chi connectivity index (χ4v) is 17.9. The normalized spacial score (nSPS) is 19.7. The van der Waals surface area contributed by atoms with E-state index < -0.39 is 0 Å². The monoisotopic (exact) mass is 1490 g/mol. The van der Waals surface area contributed by atoms with Crippen LogP contribution in [0.5, 0.6) is 57.5 Å². The summed E-state index contributed by atoms with van der Waals surface area (Å²) in [5, 5.41) is 73.6. The Balaban J connectivity index is 0.000000158. The molecule has 110 heavy (non-hydrogen) atoms. The molecule has 0 spiro atoms. The summed E-state index contributed by atoms with van der Waals surface area (Å²) in [6, 6.07) is 31.3. The molecular formula is C100H132O10. The van der Waals surface area contributed by atoms with Crippen LogP contribution in [0, 0.1) is 31.6 Å². The van der Waals surface area contributed by atoms with Gasteiger partial charge in [0.1, 0.15) is 74.3 Å². The zero-order chi connectivity index (χ0) is 80.3. The Morgan fingerprint density at radius 1 is 0.355 bits per heavy atom. The molecule has 0 bridgehead atoms. The van der Waals surface area contributed by atoms with Crippen molar-refractivity contribution < 1.29 is 50.0 Å². The van der Waals surface area contributed by atoms with Gasteiger partial charge in [0.2, 0.25) is 0 Å². The van der Waals surface area contributed by atoms with E-state index in [2.05, 4.69) is 147 Å². The molecule has 0 saturated heterocycles. The second-order valence-corrected chi connectivity index (χ2v) is 34.4. The van der Waals surface area contributed by atoms with Crippen LogP contribution in [0.25, 0.3) is 33.4 Å². The third-order valence-corrected chi connectivity index (χ3v) is 23.7. The number of ether oxygens (including phenoxy) is 3. The Morgan fingerprint density at radius 3 is 0.918 bits per heavy atom. The van der Waals surface area contributed by atoms with Crippen LogP contribution >= 0.6 is 0 Å². The van der Waals surface area contributed by atoms with Gasteiger partial charge in [-0.3, -0.25) is 0 Å². The zero-order valence-corrected chi connectivity index (χ0v) is 70.1. The maximum Gasteiger partial charge on any atom is 0.127 e. The van der Waals surface area contributed by atoms with Crippen LogP contribution in [-0.2, 0) is 32.1 Å². The topological polar surface area (TPSA) is 169 Å². The van der Waals surface area contributed by atoms with Crippen LogP contribution in [0.4, 0.5) is 0 Å². The predicted molar refractivity (Wildman–Crippen MR) is 458 cm³/mol. The highest BCUT2D eigenvalue weighted by molar-refractivity contribution is 5.88. The fourth-order valence-electron chi connectivity index (χ4n) is 17.9. The molecule has 592 valence electrons.